The molecule has 0 spiro atoms. The van der Waals surface area contributed by atoms with Gasteiger partial charge in [0.05, 0.1) is 0 Å². The summed E-state index contributed by atoms with van der Waals surface area (Å²) in [7, 11) is 0. The van der Waals surface area contributed by atoms with Crippen molar-refractivity contribution < 1.29 is 8.83 Å². The van der Waals surface area contributed by atoms with Crippen molar-refractivity contribution in [2.24, 2.45) is 0 Å². The molecular weight excluding hydrogens is 464 g/mol. The lowest BCUT2D eigenvalue weighted by Crippen LogP contribution is -1.93. The second kappa shape index (κ2) is 11.7. The number of fused-ring (bicyclic) bond motifs is 2. The second-order valence-corrected chi connectivity index (χ2v) is 10.5. The third-order valence-corrected chi connectivity index (χ3v) is 7.40. The van der Waals surface area contributed by atoms with E-state index < -0.39 is 0 Å². The molecule has 2 heteroatoms. The molecule has 5 rings (SSSR count). The zero-order chi connectivity index (χ0) is 26.5. The minimum atomic E-state index is 0.810. The number of furan rings is 2. The van der Waals surface area contributed by atoms with Crippen LogP contribution in [0.15, 0.2) is 106 Å². The van der Waals surface area contributed by atoms with Gasteiger partial charge >= 0.3 is 0 Å². The minimum Gasteiger partial charge on any atom is -0.456 e. The van der Waals surface area contributed by atoms with Crippen LogP contribution in [-0.2, 0) is 12.8 Å². The van der Waals surface area contributed by atoms with Gasteiger partial charge in [-0.15, -0.1) is 0 Å². The van der Waals surface area contributed by atoms with Gasteiger partial charge in [0.1, 0.15) is 22.7 Å². The van der Waals surface area contributed by atoms with E-state index >= 15 is 0 Å². The number of unbranched alkanes of at least 4 members (excludes halogenated alkanes) is 2. The third kappa shape index (κ3) is 5.41. The van der Waals surface area contributed by atoms with E-state index in [-0.39, 0.29) is 0 Å². The Balaban J connectivity index is 1.69. The first-order chi connectivity index (χ1) is 18.6. The van der Waals surface area contributed by atoms with Crippen molar-refractivity contribution in [2.45, 2.75) is 65.2 Å². The van der Waals surface area contributed by atoms with Crippen LogP contribution < -0.4 is 0 Å². The monoisotopic (exact) mass is 502 g/mol. The van der Waals surface area contributed by atoms with Crippen molar-refractivity contribution in [1.82, 2.24) is 0 Å². The van der Waals surface area contributed by atoms with Crippen LogP contribution in [0.2, 0.25) is 0 Å². The number of allylic oxidation sites excluding steroid dienone is 2. The van der Waals surface area contributed by atoms with Crippen LogP contribution in [0, 0.1) is 0 Å². The second-order valence-electron chi connectivity index (χ2n) is 10.5. The van der Waals surface area contributed by atoms with E-state index in [1.807, 2.05) is 12.1 Å². The topological polar surface area (TPSA) is 26.3 Å². The van der Waals surface area contributed by atoms with Gasteiger partial charge in [0.2, 0.25) is 0 Å². The van der Waals surface area contributed by atoms with Gasteiger partial charge in [-0.2, -0.15) is 0 Å². The SMILES string of the molecule is C=C(CCCC)Cc1c(-c2ccccc2)oc2cc3oc(-c4ccccc4)c(CC(=C)CCCC)c3cc12. The van der Waals surface area contributed by atoms with Crippen LogP contribution in [0.1, 0.15) is 63.5 Å². The van der Waals surface area contributed by atoms with Crippen molar-refractivity contribution in [2.75, 3.05) is 0 Å². The quantitative estimate of drug-likeness (QED) is 0.159. The normalized spacial score (nSPS) is 11.4. The molecule has 0 aliphatic carbocycles. The molecule has 0 amide bonds. The molecule has 0 radical (unpaired) electrons. The highest BCUT2D eigenvalue weighted by molar-refractivity contribution is 6.01. The smallest absolute Gasteiger partial charge is 0.138 e. The van der Waals surface area contributed by atoms with Crippen LogP contribution in [0.4, 0.5) is 0 Å². The summed E-state index contributed by atoms with van der Waals surface area (Å²) in [6.07, 6.45) is 8.34. The van der Waals surface area contributed by atoms with E-state index in [0.29, 0.717) is 0 Å². The highest BCUT2D eigenvalue weighted by Crippen LogP contribution is 2.42. The summed E-state index contributed by atoms with van der Waals surface area (Å²) in [5.74, 6) is 1.87. The van der Waals surface area contributed by atoms with Crippen LogP contribution in [0.5, 0.6) is 0 Å². The molecular formula is C36H38O2. The Morgan fingerprint density at radius 3 is 1.42 bits per heavy atom. The molecule has 0 saturated carbocycles. The van der Waals surface area contributed by atoms with Crippen molar-refractivity contribution in [3.05, 3.63) is 108 Å². The number of hydrogen-bond donors (Lipinski definition) is 0. The van der Waals surface area contributed by atoms with Crippen LogP contribution in [-0.4, -0.2) is 0 Å². The number of hydrogen-bond acceptors (Lipinski definition) is 2. The Morgan fingerprint density at radius 2 is 1.03 bits per heavy atom. The number of benzene rings is 3. The molecule has 0 unspecified atom stereocenters. The van der Waals surface area contributed by atoms with Crippen molar-refractivity contribution in [3.8, 4) is 22.6 Å². The molecule has 3 aromatic carbocycles. The Hall–Kier alpha value is -3.78. The molecule has 5 aromatic rings. The van der Waals surface area contributed by atoms with Gasteiger partial charge in [-0.05, 0) is 44.6 Å². The van der Waals surface area contributed by atoms with Crippen LogP contribution in [0.3, 0.4) is 0 Å². The van der Waals surface area contributed by atoms with E-state index in [4.69, 9.17) is 8.83 Å². The maximum absolute atomic E-state index is 6.57. The Labute approximate surface area is 226 Å². The molecule has 38 heavy (non-hydrogen) atoms. The van der Waals surface area contributed by atoms with Gasteiger partial charge in [-0.25, -0.2) is 0 Å². The first kappa shape index (κ1) is 25.9. The lowest BCUT2D eigenvalue weighted by Gasteiger charge is -2.08. The molecule has 2 heterocycles. The first-order valence-electron chi connectivity index (χ1n) is 14.0. The fraction of sp³-hybridized carbons (Fsp3) is 0.278. The van der Waals surface area contributed by atoms with Crippen molar-refractivity contribution in [3.63, 3.8) is 0 Å². The Kier molecular flexibility index (Phi) is 7.98. The standard InChI is InChI=1S/C36H38O2/c1-5-7-15-25(3)21-31-29-23-30-32(22-26(4)16-8-6-2)36(28-19-13-10-14-20-28)38-34(30)24-33(29)37-35(31)27-17-11-9-12-18-27/h9-14,17-20,23-24H,3-8,15-16,21-22H2,1-2H3. The maximum Gasteiger partial charge on any atom is 0.138 e. The largest absolute Gasteiger partial charge is 0.456 e. The van der Waals surface area contributed by atoms with Crippen LogP contribution >= 0.6 is 0 Å². The molecule has 194 valence electrons. The van der Waals surface area contributed by atoms with E-state index in [2.05, 4.69) is 87.7 Å². The van der Waals surface area contributed by atoms with E-state index in [9.17, 15) is 0 Å². The molecule has 2 aromatic heterocycles. The molecule has 0 aliphatic heterocycles. The summed E-state index contributed by atoms with van der Waals surface area (Å²) in [6.45, 7) is 13.3. The third-order valence-electron chi connectivity index (χ3n) is 7.40. The number of rotatable bonds is 12. The molecule has 0 atom stereocenters. The predicted molar refractivity (Wildman–Crippen MR) is 162 cm³/mol. The first-order valence-corrected chi connectivity index (χ1v) is 14.0. The van der Waals surface area contributed by atoms with Gasteiger partial charge in [0.25, 0.3) is 0 Å². The fourth-order valence-electron chi connectivity index (χ4n) is 5.32. The van der Waals surface area contributed by atoms with Gasteiger partial charge in [0.15, 0.2) is 0 Å². The zero-order valence-corrected chi connectivity index (χ0v) is 22.8. The summed E-state index contributed by atoms with van der Waals surface area (Å²) < 4.78 is 13.1. The van der Waals surface area contributed by atoms with Gasteiger partial charge < -0.3 is 8.83 Å². The highest BCUT2D eigenvalue weighted by Gasteiger charge is 2.22. The van der Waals surface area contributed by atoms with E-state index in [0.717, 1.165) is 83.1 Å². The Morgan fingerprint density at radius 1 is 0.605 bits per heavy atom. The van der Waals surface area contributed by atoms with Gasteiger partial charge in [-0.1, -0.05) is 112 Å². The summed E-state index contributed by atoms with van der Waals surface area (Å²) in [5, 5.41) is 2.30. The molecule has 0 N–H and O–H groups in total. The molecule has 0 bridgehead atoms. The molecule has 0 fully saturated rings. The van der Waals surface area contributed by atoms with Gasteiger partial charge in [-0.3, -0.25) is 0 Å². The van der Waals surface area contributed by atoms with Gasteiger partial charge in [0, 0.05) is 39.1 Å². The van der Waals surface area contributed by atoms with E-state index in [1.165, 1.54) is 35.1 Å². The summed E-state index contributed by atoms with van der Waals surface area (Å²) in [6, 6.07) is 25.2. The summed E-state index contributed by atoms with van der Waals surface area (Å²) >= 11 is 0. The lowest BCUT2D eigenvalue weighted by atomic mass is 9.94. The lowest BCUT2D eigenvalue weighted by molar-refractivity contribution is 0.616. The van der Waals surface area contributed by atoms with Crippen molar-refractivity contribution in [1.29, 1.82) is 0 Å². The molecule has 0 aliphatic rings. The van der Waals surface area contributed by atoms with Crippen LogP contribution in [0.25, 0.3) is 44.6 Å². The molecule has 0 saturated heterocycles. The van der Waals surface area contributed by atoms with E-state index in [1.54, 1.807) is 0 Å². The highest BCUT2D eigenvalue weighted by atomic mass is 16.3. The summed E-state index contributed by atoms with van der Waals surface area (Å²) in [5.41, 5.74) is 8.83. The fourth-order valence-corrected chi connectivity index (χ4v) is 5.32. The molecule has 2 nitrogen and oxygen atoms in total. The zero-order valence-electron chi connectivity index (χ0n) is 22.8. The average Bonchev–Trinajstić information content (AvgIpc) is 3.47. The Bertz CT molecular complexity index is 1430. The predicted octanol–water partition coefficient (Wildman–Crippen LogP) is 11.1. The maximum atomic E-state index is 6.57. The minimum absolute atomic E-state index is 0.810. The average molecular weight is 503 g/mol. The summed E-state index contributed by atoms with van der Waals surface area (Å²) in [4.78, 5) is 0. The van der Waals surface area contributed by atoms with Crippen molar-refractivity contribution >= 4 is 21.9 Å².